The van der Waals surface area contributed by atoms with Gasteiger partial charge in [0.05, 0.1) is 24.6 Å². The normalized spacial score (nSPS) is 19.7. The first-order valence-electron chi connectivity index (χ1n) is 8.09. The van der Waals surface area contributed by atoms with Crippen molar-refractivity contribution in [2.24, 2.45) is 13.0 Å². The van der Waals surface area contributed by atoms with Crippen LogP contribution in [0, 0.1) is 35.5 Å². The minimum absolute atomic E-state index is 0.0416. The fraction of sp³-hybridized carbons (Fsp3) is 0.750. The van der Waals surface area contributed by atoms with Gasteiger partial charge >= 0.3 is 0 Å². The minimum Gasteiger partial charge on any atom is -0.317 e. The lowest BCUT2D eigenvalue weighted by Gasteiger charge is -2.24. The lowest BCUT2D eigenvalue weighted by Crippen LogP contribution is -2.36. The van der Waals surface area contributed by atoms with Gasteiger partial charge < -0.3 is 9.47 Å². The molecule has 0 aromatic carbocycles. The second-order valence-corrected chi connectivity index (χ2v) is 6.36. The molecule has 1 aromatic heterocycles. The molecule has 1 aliphatic rings. The van der Waals surface area contributed by atoms with E-state index in [1.54, 1.807) is 0 Å². The van der Waals surface area contributed by atoms with Crippen LogP contribution in [0.2, 0.25) is 0 Å². The average Bonchev–Trinajstić information content (AvgIpc) is 3.13. The number of likely N-dealkylation sites (tertiary alicyclic amines) is 1. The van der Waals surface area contributed by atoms with Gasteiger partial charge in [0, 0.05) is 32.6 Å². The summed E-state index contributed by atoms with van der Waals surface area (Å²) in [7, 11) is 4.11. The second-order valence-electron chi connectivity index (χ2n) is 6.36. The molecule has 0 bridgehead atoms. The van der Waals surface area contributed by atoms with Crippen LogP contribution in [0.1, 0.15) is 30.9 Å². The smallest absolute Gasteiger partial charge is 0.146 e. The third kappa shape index (κ3) is 4.51. The number of likely N-dealkylation sites (N-methyl/N-ethyl adjacent to an activating group) is 1. The predicted octanol–water partition coefficient (Wildman–Crippen LogP) is 1.07. The molecular weight excluding hydrogens is 290 g/mol. The summed E-state index contributed by atoms with van der Waals surface area (Å²) in [6.07, 6.45) is 2.23. The topological polar surface area (TPSA) is 84.8 Å². The summed E-state index contributed by atoms with van der Waals surface area (Å²) in [6, 6.07) is 4.93. The fourth-order valence-corrected chi connectivity index (χ4v) is 3.03. The van der Waals surface area contributed by atoms with Crippen LogP contribution >= 0.6 is 0 Å². The lowest BCUT2D eigenvalue weighted by atomic mass is 10.1. The number of rotatable bonds is 7. The highest BCUT2D eigenvalue weighted by atomic mass is 15.3. The highest BCUT2D eigenvalue weighted by Crippen LogP contribution is 2.18. The first-order chi connectivity index (χ1) is 11.0. The number of hydrogen-bond donors (Lipinski definition) is 0. The Balaban J connectivity index is 1.83. The SMILES string of the molecule is Cc1nnc(CN(C)[C@H]2CCN(C[C@H](C#N)CCC#N)C2)n1C. The summed E-state index contributed by atoms with van der Waals surface area (Å²) < 4.78 is 2.02. The Bertz CT molecular complexity index is 595. The van der Waals surface area contributed by atoms with Gasteiger partial charge in [-0.25, -0.2) is 0 Å². The molecule has 0 aliphatic carbocycles. The summed E-state index contributed by atoms with van der Waals surface area (Å²) in [5.41, 5.74) is 0. The van der Waals surface area contributed by atoms with Crippen molar-refractivity contribution in [2.75, 3.05) is 26.7 Å². The number of aryl methyl sites for hydroxylation is 1. The van der Waals surface area contributed by atoms with Gasteiger partial charge in [0.1, 0.15) is 11.6 Å². The van der Waals surface area contributed by atoms with Crippen LogP contribution in [0.15, 0.2) is 0 Å². The number of nitriles is 2. The maximum atomic E-state index is 9.20. The monoisotopic (exact) mass is 315 g/mol. The summed E-state index contributed by atoms with van der Waals surface area (Å²) >= 11 is 0. The molecule has 7 heteroatoms. The van der Waals surface area contributed by atoms with Gasteiger partial charge in [-0.1, -0.05) is 0 Å². The molecule has 1 saturated heterocycles. The molecule has 2 rings (SSSR count). The van der Waals surface area contributed by atoms with E-state index in [9.17, 15) is 5.26 Å². The van der Waals surface area contributed by atoms with E-state index in [1.807, 2.05) is 18.5 Å². The Labute approximate surface area is 138 Å². The van der Waals surface area contributed by atoms with Crippen molar-refractivity contribution < 1.29 is 0 Å². The molecule has 124 valence electrons. The van der Waals surface area contributed by atoms with Crippen molar-refractivity contribution in [2.45, 2.75) is 38.8 Å². The summed E-state index contributed by atoms with van der Waals surface area (Å²) in [5, 5.41) is 26.2. The zero-order valence-corrected chi connectivity index (χ0v) is 14.2. The number of nitrogens with zero attached hydrogens (tertiary/aromatic N) is 7. The molecule has 23 heavy (non-hydrogen) atoms. The van der Waals surface area contributed by atoms with E-state index in [1.165, 1.54) is 0 Å². The summed E-state index contributed by atoms with van der Waals surface area (Å²) in [6.45, 7) is 5.49. The van der Waals surface area contributed by atoms with Gasteiger partial charge in [-0.2, -0.15) is 10.5 Å². The third-order valence-electron chi connectivity index (χ3n) is 4.71. The van der Waals surface area contributed by atoms with E-state index in [2.05, 4.69) is 39.2 Å². The highest BCUT2D eigenvalue weighted by molar-refractivity contribution is 4.95. The molecule has 1 aromatic rings. The molecule has 0 saturated carbocycles. The van der Waals surface area contributed by atoms with Gasteiger partial charge in [-0.05, 0) is 33.4 Å². The Morgan fingerprint density at radius 2 is 2.17 bits per heavy atom. The van der Waals surface area contributed by atoms with Crippen LogP contribution in [-0.4, -0.2) is 57.3 Å². The number of aromatic nitrogens is 3. The van der Waals surface area contributed by atoms with Crippen LogP contribution < -0.4 is 0 Å². The lowest BCUT2D eigenvalue weighted by molar-refractivity contribution is 0.212. The Hall–Kier alpha value is -1.96. The first kappa shape index (κ1) is 17.4. The highest BCUT2D eigenvalue weighted by Gasteiger charge is 2.28. The Kier molecular flexibility index (Phi) is 6.09. The first-order valence-corrected chi connectivity index (χ1v) is 8.09. The fourth-order valence-electron chi connectivity index (χ4n) is 3.03. The van der Waals surface area contributed by atoms with Gasteiger partial charge in [0.2, 0.25) is 0 Å². The van der Waals surface area contributed by atoms with E-state index in [-0.39, 0.29) is 5.92 Å². The van der Waals surface area contributed by atoms with E-state index >= 15 is 0 Å². The van der Waals surface area contributed by atoms with Gasteiger partial charge in [-0.15, -0.1) is 10.2 Å². The van der Waals surface area contributed by atoms with Gasteiger partial charge in [0.25, 0.3) is 0 Å². The molecule has 0 amide bonds. The molecule has 0 N–H and O–H groups in total. The van der Waals surface area contributed by atoms with Crippen LogP contribution in [0.4, 0.5) is 0 Å². The van der Waals surface area contributed by atoms with E-state index < -0.39 is 0 Å². The van der Waals surface area contributed by atoms with Crippen molar-refractivity contribution in [3.05, 3.63) is 11.6 Å². The molecule has 1 aliphatic heterocycles. The summed E-state index contributed by atoms with van der Waals surface area (Å²) in [5.74, 6) is 1.86. The van der Waals surface area contributed by atoms with Crippen molar-refractivity contribution in [1.82, 2.24) is 24.6 Å². The molecule has 7 nitrogen and oxygen atoms in total. The quantitative estimate of drug-likeness (QED) is 0.748. The average molecular weight is 315 g/mol. The molecular formula is C16H25N7. The molecule has 2 heterocycles. The minimum atomic E-state index is -0.0416. The van der Waals surface area contributed by atoms with E-state index in [0.717, 1.165) is 44.2 Å². The van der Waals surface area contributed by atoms with Crippen molar-refractivity contribution in [3.8, 4) is 12.1 Å². The predicted molar refractivity (Wildman–Crippen MR) is 86.0 cm³/mol. The molecule has 0 unspecified atom stereocenters. The van der Waals surface area contributed by atoms with E-state index in [0.29, 0.717) is 18.9 Å². The second kappa shape index (κ2) is 8.05. The van der Waals surface area contributed by atoms with Crippen molar-refractivity contribution in [1.29, 1.82) is 10.5 Å². The van der Waals surface area contributed by atoms with Crippen molar-refractivity contribution >= 4 is 0 Å². The van der Waals surface area contributed by atoms with Crippen molar-refractivity contribution in [3.63, 3.8) is 0 Å². The molecule has 1 fully saturated rings. The Morgan fingerprint density at radius 1 is 1.39 bits per heavy atom. The molecule has 0 radical (unpaired) electrons. The maximum Gasteiger partial charge on any atom is 0.146 e. The maximum absolute atomic E-state index is 9.20. The zero-order valence-electron chi connectivity index (χ0n) is 14.2. The van der Waals surface area contributed by atoms with Gasteiger partial charge in [-0.3, -0.25) is 4.90 Å². The molecule has 0 spiro atoms. The van der Waals surface area contributed by atoms with Crippen LogP contribution in [-0.2, 0) is 13.6 Å². The number of hydrogen-bond acceptors (Lipinski definition) is 6. The van der Waals surface area contributed by atoms with Crippen LogP contribution in [0.3, 0.4) is 0 Å². The Morgan fingerprint density at radius 3 is 2.78 bits per heavy atom. The van der Waals surface area contributed by atoms with Crippen LogP contribution in [0.25, 0.3) is 0 Å². The molecule has 2 atom stereocenters. The summed E-state index contributed by atoms with van der Waals surface area (Å²) in [4.78, 5) is 4.66. The van der Waals surface area contributed by atoms with E-state index in [4.69, 9.17) is 5.26 Å². The standard InChI is InChI=1S/C16H25N7/c1-13-19-20-16(22(13)3)12-21(2)15-6-8-23(11-15)10-14(9-18)5-4-7-17/h14-15H,4-6,8,10-12H2,1-3H3/t14-,15-/m0/s1. The third-order valence-corrected chi connectivity index (χ3v) is 4.71. The zero-order chi connectivity index (χ0) is 16.8. The largest absolute Gasteiger partial charge is 0.317 e. The van der Waals surface area contributed by atoms with Crippen LogP contribution in [0.5, 0.6) is 0 Å². The van der Waals surface area contributed by atoms with Gasteiger partial charge in [0.15, 0.2) is 0 Å².